The van der Waals surface area contributed by atoms with Crippen LogP contribution in [0.3, 0.4) is 0 Å². The highest BCUT2D eigenvalue weighted by atomic mass is 16.6. The van der Waals surface area contributed by atoms with Crippen LogP contribution in [0.15, 0.2) is 109 Å². The Morgan fingerprint density at radius 2 is 0.577 bits per heavy atom. The third-order valence-electron chi connectivity index (χ3n) is 12.3. The lowest BCUT2D eigenvalue weighted by Gasteiger charge is -2.18. The van der Waals surface area contributed by atoms with Gasteiger partial charge in [0.15, 0.2) is 6.10 Å². The number of rotatable bonds is 52. The summed E-state index contributed by atoms with van der Waals surface area (Å²) in [4.78, 5) is 38.1. The molecule has 0 saturated carbocycles. The van der Waals surface area contributed by atoms with Crippen LogP contribution in [0, 0.1) is 0 Å². The molecule has 6 nitrogen and oxygen atoms in total. The molecule has 0 aromatic heterocycles. The van der Waals surface area contributed by atoms with Gasteiger partial charge in [-0.1, -0.05) is 246 Å². The van der Waals surface area contributed by atoms with Crippen LogP contribution in [0.25, 0.3) is 0 Å². The summed E-state index contributed by atoms with van der Waals surface area (Å²) in [6.07, 6.45) is 79.6. The monoisotopic (exact) mass is 985 g/mol. The summed E-state index contributed by atoms with van der Waals surface area (Å²) in [7, 11) is 0. The lowest BCUT2D eigenvalue weighted by atomic mass is 10.0. The number of hydrogen-bond donors (Lipinski definition) is 0. The Bertz CT molecular complexity index is 1460. The zero-order chi connectivity index (χ0) is 51.4. The van der Waals surface area contributed by atoms with Gasteiger partial charge >= 0.3 is 17.9 Å². The Kier molecular flexibility index (Phi) is 55.4. The van der Waals surface area contributed by atoms with Crippen molar-refractivity contribution in [1.82, 2.24) is 0 Å². The molecule has 1 atom stereocenters. The molecule has 0 heterocycles. The second kappa shape index (κ2) is 58.6. The van der Waals surface area contributed by atoms with E-state index in [9.17, 15) is 14.4 Å². The number of ether oxygens (including phenoxy) is 3. The van der Waals surface area contributed by atoms with Crippen LogP contribution in [0.5, 0.6) is 0 Å². The summed E-state index contributed by atoms with van der Waals surface area (Å²) in [5, 5.41) is 0. The fourth-order valence-corrected chi connectivity index (χ4v) is 7.91. The number of allylic oxidation sites excluding steroid dienone is 18. The van der Waals surface area contributed by atoms with E-state index in [0.717, 1.165) is 103 Å². The maximum absolute atomic E-state index is 12.8. The smallest absolute Gasteiger partial charge is 0.306 e. The molecule has 0 radical (unpaired) electrons. The zero-order valence-electron chi connectivity index (χ0n) is 46.2. The van der Waals surface area contributed by atoms with Crippen LogP contribution in [-0.4, -0.2) is 37.2 Å². The normalized spacial score (nSPS) is 12.9. The Hall–Kier alpha value is -3.93. The Balaban J connectivity index is 4.35. The predicted octanol–water partition coefficient (Wildman–Crippen LogP) is 19.9. The highest BCUT2D eigenvalue weighted by Gasteiger charge is 2.19. The van der Waals surface area contributed by atoms with Crippen molar-refractivity contribution in [2.45, 2.75) is 271 Å². The van der Waals surface area contributed by atoms with Crippen molar-refractivity contribution in [2.24, 2.45) is 0 Å². The molecule has 0 N–H and O–H groups in total. The molecule has 0 amide bonds. The van der Waals surface area contributed by atoms with Gasteiger partial charge in [0.2, 0.25) is 0 Å². The minimum atomic E-state index is -0.813. The van der Waals surface area contributed by atoms with Crippen molar-refractivity contribution in [3.05, 3.63) is 109 Å². The lowest BCUT2D eigenvalue weighted by molar-refractivity contribution is -0.166. The van der Waals surface area contributed by atoms with E-state index in [1.807, 2.05) is 6.08 Å². The molecule has 0 aliphatic heterocycles. The zero-order valence-corrected chi connectivity index (χ0v) is 46.2. The number of esters is 3. The third kappa shape index (κ3) is 56.9. The van der Waals surface area contributed by atoms with Gasteiger partial charge in [-0.15, -0.1) is 0 Å². The Morgan fingerprint density at radius 1 is 0.296 bits per heavy atom. The summed E-state index contributed by atoms with van der Waals surface area (Å²) in [6, 6.07) is 0. The van der Waals surface area contributed by atoms with Crippen molar-refractivity contribution in [1.29, 1.82) is 0 Å². The van der Waals surface area contributed by atoms with Gasteiger partial charge in [0.25, 0.3) is 0 Å². The molecule has 0 bridgehead atoms. The second-order valence-electron chi connectivity index (χ2n) is 19.1. The third-order valence-corrected chi connectivity index (χ3v) is 12.3. The molecule has 0 saturated heterocycles. The number of unbranched alkanes of at least 4 members (excludes halogenated alkanes) is 23. The fourth-order valence-electron chi connectivity index (χ4n) is 7.91. The molecule has 404 valence electrons. The first-order valence-corrected chi connectivity index (χ1v) is 29.4. The Morgan fingerprint density at radius 3 is 0.958 bits per heavy atom. The SMILES string of the molecule is CC/C=C\C/C=C\C/C=C\C/C=C\CCCCCCCCCCCCCCC(=O)OCC(COC(=O)CC/C=C\C/C=C\C/C=C\C/C=C\CC)OC(=O)CCCCCCC/C=C\CCCCCCCC. The van der Waals surface area contributed by atoms with Crippen LogP contribution >= 0.6 is 0 Å². The second-order valence-corrected chi connectivity index (χ2v) is 19.1. The first-order valence-electron chi connectivity index (χ1n) is 29.4. The van der Waals surface area contributed by atoms with Crippen molar-refractivity contribution >= 4 is 17.9 Å². The van der Waals surface area contributed by atoms with Gasteiger partial charge in [-0.3, -0.25) is 14.4 Å². The maximum Gasteiger partial charge on any atom is 0.306 e. The first kappa shape index (κ1) is 67.1. The van der Waals surface area contributed by atoms with E-state index in [0.29, 0.717) is 19.3 Å². The van der Waals surface area contributed by atoms with Crippen molar-refractivity contribution in [3.63, 3.8) is 0 Å². The molecule has 0 aliphatic carbocycles. The molecule has 71 heavy (non-hydrogen) atoms. The minimum Gasteiger partial charge on any atom is -0.462 e. The average molecular weight is 986 g/mol. The Labute approximate surface area is 438 Å². The molecule has 0 rings (SSSR count). The summed E-state index contributed by atoms with van der Waals surface area (Å²) in [6.45, 7) is 6.34. The number of hydrogen-bond acceptors (Lipinski definition) is 6. The molecular weight excluding hydrogens is 877 g/mol. The van der Waals surface area contributed by atoms with E-state index in [1.54, 1.807) is 0 Å². The number of carbonyl (C=O) groups excluding carboxylic acids is 3. The topological polar surface area (TPSA) is 78.9 Å². The summed E-state index contributed by atoms with van der Waals surface area (Å²) in [5.41, 5.74) is 0. The largest absolute Gasteiger partial charge is 0.462 e. The van der Waals surface area contributed by atoms with Crippen LogP contribution < -0.4 is 0 Å². The van der Waals surface area contributed by atoms with Crippen molar-refractivity contribution in [2.75, 3.05) is 13.2 Å². The summed E-state index contributed by atoms with van der Waals surface area (Å²) < 4.78 is 16.8. The lowest BCUT2D eigenvalue weighted by Crippen LogP contribution is -2.30. The fraction of sp³-hybridized carbons (Fsp3) is 0.677. The predicted molar refractivity (Wildman–Crippen MR) is 307 cm³/mol. The van der Waals surface area contributed by atoms with Crippen LogP contribution in [0.2, 0.25) is 0 Å². The highest BCUT2D eigenvalue weighted by Crippen LogP contribution is 2.15. The van der Waals surface area contributed by atoms with Crippen LogP contribution in [0.4, 0.5) is 0 Å². The molecule has 6 heteroatoms. The summed E-state index contributed by atoms with van der Waals surface area (Å²) in [5.74, 6) is -0.998. The van der Waals surface area contributed by atoms with E-state index in [2.05, 4.69) is 124 Å². The van der Waals surface area contributed by atoms with Crippen molar-refractivity contribution < 1.29 is 28.6 Å². The molecule has 0 aromatic rings. The van der Waals surface area contributed by atoms with E-state index in [4.69, 9.17) is 14.2 Å². The molecule has 0 aliphatic rings. The highest BCUT2D eigenvalue weighted by molar-refractivity contribution is 5.71. The maximum atomic E-state index is 12.8. The summed E-state index contributed by atoms with van der Waals surface area (Å²) >= 11 is 0. The van der Waals surface area contributed by atoms with E-state index in [-0.39, 0.29) is 37.5 Å². The molecule has 0 aromatic carbocycles. The van der Waals surface area contributed by atoms with Gasteiger partial charge in [0, 0.05) is 19.3 Å². The van der Waals surface area contributed by atoms with Gasteiger partial charge in [0.1, 0.15) is 13.2 Å². The molecule has 1 unspecified atom stereocenters. The van der Waals surface area contributed by atoms with Crippen LogP contribution in [0.1, 0.15) is 265 Å². The van der Waals surface area contributed by atoms with Gasteiger partial charge in [-0.05, 0) is 109 Å². The molecular formula is C65H108O6. The average Bonchev–Trinajstić information content (AvgIpc) is 3.37. The standard InChI is InChI=1S/C65H108O6/c1-4-7-10-13-16-19-22-25-27-28-29-30-31-32-33-34-35-36-38-40-43-46-49-52-55-58-64(67)70-61-62(60-69-63(66)57-54-51-48-45-42-39-24-21-18-15-12-9-6-3)71-65(68)59-56-53-50-47-44-41-37-26-23-20-17-14-11-8-5-2/h7,9-10,12,16,18-19,21,25-27,29-30,37,39,42,48,51,62H,4-6,8,11,13-15,17,20,22-24,28,31-36,38,40-41,43-47,49-50,52-61H2,1-3H3/b10-7-,12-9-,19-16-,21-18-,27-25-,30-29-,37-26-,42-39-,51-48-. The molecule has 0 fully saturated rings. The van der Waals surface area contributed by atoms with Gasteiger partial charge in [-0.2, -0.15) is 0 Å². The molecule has 0 spiro atoms. The van der Waals surface area contributed by atoms with Gasteiger partial charge in [-0.25, -0.2) is 0 Å². The van der Waals surface area contributed by atoms with Crippen LogP contribution in [-0.2, 0) is 28.6 Å². The van der Waals surface area contributed by atoms with Crippen molar-refractivity contribution in [3.8, 4) is 0 Å². The van der Waals surface area contributed by atoms with Gasteiger partial charge in [0.05, 0.1) is 0 Å². The first-order chi connectivity index (χ1) is 35.0. The van der Waals surface area contributed by atoms with E-state index >= 15 is 0 Å². The minimum absolute atomic E-state index is 0.105. The van der Waals surface area contributed by atoms with Gasteiger partial charge < -0.3 is 14.2 Å². The van der Waals surface area contributed by atoms with E-state index in [1.165, 1.54) is 116 Å². The van der Waals surface area contributed by atoms with E-state index < -0.39 is 6.10 Å². The number of carbonyl (C=O) groups is 3. The quantitative estimate of drug-likeness (QED) is 0.0261.